The van der Waals surface area contributed by atoms with Crippen molar-refractivity contribution in [3.8, 4) is 0 Å². The van der Waals surface area contributed by atoms with Crippen molar-refractivity contribution in [3.05, 3.63) is 64.3 Å². The molecule has 3 nitrogen and oxygen atoms in total. The Balaban J connectivity index is 0.000000181. The summed E-state index contributed by atoms with van der Waals surface area (Å²) in [6.45, 7) is 5.92. The number of pyridine rings is 1. The lowest BCUT2D eigenvalue weighted by molar-refractivity contribution is 0.736. The zero-order chi connectivity index (χ0) is 18.4. The molecular formula is C20H22ClN3S. The molecular weight excluding hydrogens is 350 g/mol. The van der Waals surface area contributed by atoms with Crippen LogP contribution in [0.1, 0.15) is 37.6 Å². The summed E-state index contributed by atoms with van der Waals surface area (Å²) in [4.78, 5) is 4.86. The second kappa shape index (κ2) is 8.88. The highest BCUT2D eigenvalue weighted by atomic mass is 35.5. The van der Waals surface area contributed by atoms with E-state index < -0.39 is 0 Å². The molecule has 130 valence electrons. The van der Waals surface area contributed by atoms with Gasteiger partial charge in [0, 0.05) is 39.5 Å². The van der Waals surface area contributed by atoms with Crippen LogP contribution in [0.3, 0.4) is 0 Å². The molecule has 3 aromatic rings. The summed E-state index contributed by atoms with van der Waals surface area (Å²) in [5.41, 5.74) is 2.16. The van der Waals surface area contributed by atoms with Crippen molar-refractivity contribution in [1.82, 2.24) is 4.98 Å². The summed E-state index contributed by atoms with van der Waals surface area (Å²) in [5, 5.41) is 17.1. The van der Waals surface area contributed by atoms with Crippen molar-refractivity contribution in [3.63, 3.8) is 0 Å². The molecule has 5 heteroatoms. The highest BCUT2D eigenvalue weighted by molar-refractivity contribution is 7.21. The maximum absolute atomic E-state index is 7.80. The van der Waals surface area contributed by atoms with Crippen LogP contribution in [-0.2, 0) is 0 Å². The topological polar surface area (TPSA) is 60.6 Å². The molecule has 1 unspecified atom stereocenters. The lowest BCUT2D eigenvalue weighted by Crippen LogP contribution is -2.10. The van der Waals surface area contributed by atoms with Gasteiger partial charge in [-0.2, -0.15) is 0 Å². The zero-order valence-corrected chi connectivity index (χ0v) is 16.2. The van der Waals surface area contributed by atoms with Gasteiger partial charge in [0.05, 0.1) is 9.90 Å². The number of rotatable bonds is 4. The van der Waals surface area contributed by atoms with E-state index in [1.54, 1.807) is 30.7 Å². The SMILES string of the molecule is CC(=N)c1sc2ccccc2c1Cl.CCC(C)C(=N)c1cccnc1. The summed E-state index contributed by atoms with van der Waals surface area (Å²) in [6, 6.07) is 11.8. The first kappa shape index (κ1) is 19.3. The van der Waals surface area contributed by atoms with E-state index in [9.17, 15) is 0 Å². The van der Waals surface area contributed by atoms with Crippen molar-refractivity contribution in [2.45, 2.75) is 27.2 Å². The number of fused-ring (bicyclic) bond motifs is 1. The Labute approximate surface area is 157 Å². The van der Waals surface area contributed by atoms with Crippen LogP contribution < -0.4 is 0 Å². The molecule has 2 N–H and O–H groups in total. The number of hydrogen-bond acceptors (Lipinski definition) is 4. The monoisotopic (exact) mass is 371 g/mol. The molecule has 0 saturated carbocycles. The van der Waals surface area contributed by atoms with E-state index in [1.165, 1.54) is 0 Å². The van der Waals surface area contributed by atoms with Crippen molar-refractivity contribution in [2.75, 3.05) is 0 Å². The maximum Gasteiger partial charge on any atom is 0.0683 e. The predicted octanol–water partition coefficient (Wildman–Crippen LogP) is 6.44. The van der Waals surface area contributed by atoms with Crippen LogP contribution in [0.15, 0.2) is 48.8 Å². The third kappa shape index (κ3) is 4.74. The second-order valence-electron chi connectivity index (χ2n) is 5.83. The number of thiophene rings is 1. The van der Waals surface area contributed by atoms with E-state index >= 15 is 0 Å². The molecule has 1 aromatic carbocycles. The van der Waals surface area contributed by atoms with E-state index in [0.29, 0.717) is 22.4 Å². The summed E-state index contributed by atoms with van der Waals surface area (Å²) >= 11 is 7.70. The Hall–Kier alpha value is -2.04. The van der Waals surface area contributed by atoms with Crippen molar-refractivity contribution in [1.29, 1.82) is 10.8 Å². The number of nitrogens with zero attached hydrogens (tertiary/aromatic N) is 1. The molecule has 0 spiro atoms. The zero-order valence-electron chi connectivity index (χ0n) is 14.6. The minimum atomic E-state index is 0.328. The number of hydrogen-bond donors (Lipinski definition) is 2. The van der Waals surface area contributed by atoms with Crippen molar-refractivity contribution in [2.24, 2.45) is 5.92 Å². The predicted molar refractivity (Wildman–Crippen MR) is 110 cm³/mol. The Morgan fingerprint density at radius 3 is 2.48 bits per heavy atom. The fourth-order valence-electron chi connectivity index (χ4n) is 2.27. The fourth-order valence-corrected chi connectivity index (χ4v) is 3.74. The summed E-state index contributed by atoms with van der Waals surface area (Å²) < 4.78 is 1.15. The Kier molecular flexibility index (Phi) is 6.85. The van der Waals surface area contributed by atoms with Gasteiger partial charge in [-0.3, -0.25) is 4.98 Å². The summed E-state index contributed by atoms with van der Waals surface area (Å²) in [7, 11) is 0. The lowest BCUT2D eigenvalue weighted by Gasteiger charge is -2.09. The molecule has 1 atom stereocenters. The maximum atomic E-state index is 7.80. The van der Waals surface area contributed by atoms with Gasteiger partial charge in [0.1, 0.15) is 0 Å². The Morgan fingerprint density at radius 2 is 1.92 bits per heavy atom. The van der Waals surface area contributed by atoms with E-state index in [4.69, 9.17) is 22.4 Å². The average molecular weight is 372 g/mol. The van der Waals surface area contributed by atoms with Crippen LogP contribution in [0.5, 0.6) is 0 Å². The van der Waals surface area contributed by atoms with E-state index in [-0.39, 0.29) is 0 Å². The van der Waals surface area contributed by atoms with Crippen LogP contribution >= 0.6 is 22.9 Å². The van der Waals surface area contributed by atoms with Gasteiger partial charge in [-0.1, -0.05) is 49.7 Å². The molecule has 0 fully saturated rings. The van der Waals surface area contributed by atoms with Gasteiger partial charge in [0.2, 0.25) is 0 Å². The molecule has 3 rings (SSSR count). The molecule has 0 radical (unpaired) electrons. The van der Waals surface area contributed by atoms with Gasteiger partial charge >= 0.3 is 0 Å². The van der Waals surface area contributed by atoms with Crippen LogP contribution in [0, 0.1) is 16.7 Å². The van der Waals surface area contributed by atoms with E-state index in [1.807, 2.05) is 36.4 Å². The second-order valence-corrected chi connectivity index (χ2v) is 7.26. The molecule has 2 heterocycles. The van der Waals surface area contributed by atoms with Crippen LogP contribution in [0.4, 0.5) is 0 Å². The molecule has 0 amide bonds. The highest BCUT2D eigenvalue weighted by Gasteiger charge is 2.10. The normalized spacial score (nSPS) is 11.5. The van der Waals surface area contributed by atoms with Gasteiger partial charge in [-0.25, -0.2) is 0 Å². The summed E-state index contributed by atoms with van der Waals surface area (Å²) in [6.07, 6.45) is 4.48. The van der Waals surface area contributed by atoms with E-state index in [0.717, 1.165) is 26.9 Å². The quantitative estimate of drug-likeness (QED) is 0.509. The molecule has 0 aliphatic rings. The van der Waals surface area contributed by atoms with Crippen LogP contribution in [0.2, 0.25) is 5.02 Å². The van der Waals surface area contributed by atoms with Gasteiger partial charge in [-0.05, 0) is 31.4 Å². The standard InChI is InChI=1S/C10H8ClNS.C10H14N2/c1-6(12)10-9(11)7-4-2-3-5-8(7)13-10;1-3-8(2)10(11)9-5-4-6-12-7-9/h2-5,12H,1H3;4-8,11H,3H2,1-2H3. The van der Waals surface area contributed by atoms with E-state index in [2.05, 4.69) is 18.8 Å². The van der Waals surface area contributed by atoms with Gasteiger partial charge in [0.25, 0.3) is 0 Å². The lowest BCUT2D eigenvalue weighted by atomic mass is 9.98. The Morgan fingerprint density at radius 1 is 1.20 bits per heavy atom. The highest BCUT2D eigenvalue weighted by Crippen LogP contribution is 2.35. The van der Waals surface area contributed by atoms with Gasteiger partial charge in [0.15, 0.2) is 0 Å². The third-order valence-corrected chi connectivity index (χ3v) is 5.75. The number of halogens is 1. The van der Waals surface area contributed by atoms with Gasteiger partial charge in [-0.15, -0.1) is 11.3 Å². The number of aromatic nitrogens is 1. The molecule has 25 heavy (non-hydrogen) atoms. The van der Waals surface area contributed by atoms with Crippen LogP contribution in [0.25, 0.3) is 10.1 Å². The van der Waals surface area contributed by atoms with Gasteiger partial charge < -0.3 is 10.8 Å². The average Bonchev–Trinajstić information content (AvgIpc) is 2.99. The Bertz CT molecular complexity index is 871. The molecule has 0 aliphatic carbocycles. The molecule has 0 aliphatic heterocycles. The molecule has 2 aromatic heterocycles. The fraction of sp³-hybridized carbons (Fsp3) is 0.250. The first-order chi connectivity index (χ1) is 12.0. The van der Waals surface area contributed by atoms with Crippen LogP contribution in [-0.4, -0.2) is 16.4 Å². The first-order valence-electron chi connectivity index (χ1n) is 8.17. The first-order valence-corrected chi connectivity index (χ1v) is 9.36. The molecule has 0 bridgehead atoms. The minimum Gasteiger partial charge on any atom is -0.304 e. The summed E-state index contributed by atoms with van der Waals surface area (Å²) in [5.74, 6) is 0.328. The minimum absolute atomic E-state index is 0.328. The smallest absolute Gasteiger partial charge is 0.0683 e. The number of nitrogens with one attached hydrogen (secondary N) is 2. The van der Waals surface area contributed by atoms with Crippen molar-refractivity contribution < 1.29 is 0 Å². The van der Waals surface area contributed by atoms with Crippen molar-refractivity contribution >= 4 is 44.4 Å². The third-order valence-electron chi connectivity index (χ3n) is 3.95. The number of benzene rings is 1. The molecule has 0 saturated heterocycles. The largest absolute Gasteiger partial charge is 0.304 e.